The molecule has 1 aromatic heterocycles. The number of anilines is 1. The summed E-state index contributed by atoms with van der Waals surface area (Å²) >= 11 is 1.43. The van der Waals surface area contributed by atoms with Gasteiger partial charge in [0.15, 0.2) is 0 Å². The third kappa shape index (κ3) is 3.96. The van der Waals surface area contributed by atoms with Crippen LogP contribution in [-0.4, -0.2) is 22.1 Å². The van der Waals surface area contributed by atoms with Gasteiger partial charge in [-0.15, -0.1) is 0 Å². The first-order valence-electron chi connectivity index (χ1n) is 6.49. The molecule has 0 aliphatic rings. The molecule has 0 bridgehead atoms. The van der Waals surface area contributed by atoms with E-state index in [4.69, 9.17) is 4.74 Å². The van der Waals surface area contributed by atoms with Crippen molar-refractivity contribution in [3.05, 3.63) is 40.6 Å². The molecule has 2 rings (SSSR count). The SMILES string of the molecule is CCNCc1ccc(S(=O)(=O)Nc2ccsc2)c(OC)c1. The number of benzene rings is 1. The van der Waals surface area contributed by atoms with Crippen molar-refractivity contribution in [1.29, 1.82) is 0 Å². The second kappa shape index (κ2) is 6.93. The first-order valence-corrected chi connectivity index (χ1v) is 8.92. The average molecular weight is 326 g/mol. The minimum atomic E-state index is -3.65. The summed E-state index contributed by atoms with van der Waals surface area (Å²) in [4.78, 5) is 0.136. The van der Waals surface area contributed by atoms with Gasteiger partial charge in [0.2, 0.25) is 0 Å². The molecular formula is C14H18N2O3S2. The molecule has 5 nitrogen and oxygen atoms in total. The third-order valence-corrected chi connectivity index (χ3v) is 4.97. The summed E-state index contributed by atoms with van der Waals surface area (Å²) < 4.78 is 32.6. The van der Waals surface area contributed by atoms with E-state index in [0.717, 1.165) is 12.1 Å². The second-order valence-electron chi connectivity index (χ2n) is 4.38. The predicted molar refractivity (Wildman–Crippen MR) is 85.5 cm³/mol. The van der Waals surface area contributed by atoms with E-state index in [1.54, 1.807) is 29.6 Å². The number of rotatable bonds is 7. The average Bonchev–Trinajstić information content (AvgIpc) is 2.96. The molecule has 1 aromatic carbocycles. The lowest BCUT2D eigenvalue weighted by atomic mass is 10.2. The Hall–Kier alpha value is -1.57. The van der Waals surface area contributed by atoms with Crippen molar-refractivity contribution >= 4 is 27.0 Å². The van der Waals surface area contributed by atoms with Gasteiger partial charge in [-0.1, -0.05) is 13.0 Å². The molecule has 114 valence electrons. The molecule has 0 amide bonds. The van der Waals surface area contributed by atoms with Crippen molar-refractivity contribution in [3.63, 3.8) is 0 Å². The van der Waals surface area contributed by atoms with Gasteiger partial charge in [-0.05, 0) is 35.7 Å². The highest BCUT2D eigenvalue weighted by Gasteiger charge is 2.20. The Morgan fingerprint density at radius 1 is 1.29 bits per heavy atom. The number of nitrogens with one attached hydrogen (secondary N) is 2. The van der Waals surface area contributed by atoms with Crippen LogP contribution < -0.4 is 14.8 Å². The third-order valence-electron chi connectivity index (χ3n) is 2.87. The van der Waals surface area contributed by atoms with E-state index >= 15 is 0 Å². The summed E-state index contributed by atoms with van der Waals surface area (Å²) in [6.45, 7) is 3.54. The Kier molecular flexibility index (Phi) is 5.22. The highest BCUT2D eigenvalue weighted by molar-refractivity contribution is 7.92. The van der Waals surface area contributed by atoms with Gasteiger partial charge in [0.25, 0.3) is 10.0 Å². The van der Waals surface area contributed by atoms with E-state index in [9.17, 15) is 8.42 Å². The van der Waals surface area contributed by atoms with Crippen LogP contribution in [0.25, 0.3) is 0 Å². The van der Waals surface area contributed by atoms with Crippen LogP contribution in [0.5, 0.6) is 5.75 Å². The number of hydrogen-bond donors (Lipinski definition) is 2. The molecule has 0 radical (unpaired) electrons. The van der Waals surface area contributed by atoms with Crippen molar-refractivity contribution in [2.24, 2.45) is 0 Å². The maximum absolute atomic E-state index is 12.4. The maximum atomic E-state index is 12.4. The van der Waals surface area contributed by atoms with Gasteiger partial charge in [-0.25, -0.2) is 8.42 Å². The Bertz CT molecular complexity index is 682. The van der Waals surface area contributed by atoms with Crippen LogP contribution in [0.3, 0.4) is 0 Å². The molecule has 7 heteroatoms. The lowest BCUT2D eigenvalue weighted by molar-refractivity contribution is 0.402. The van der Waals surface area contributed by atoms with E-state index in [2.05, 4.69) is 10.0 Å². The first-order chi connectivity index (χ1) is 10.1. The molecule has 1 heterocycles. The molecule has 0 aliphatic heterocycles. The lowest BCUT2D eigenvalue weighted by Crippen LogP contribution is -2.15. The normalized spacial score (nSPS) is 11.3. The quantitative estimate of drug-likeness (QED) is 0.821. The summed E-state index contributed by atoms with van der Waals surface area (Å²) in [6.07, 6.45) is 0. The Labute approximate surface area is 129 Å². The summed E-state index contributed by atoms with van der Waals surface area (Å²) in [5.41, 5.74) is 1.53. The fraction of sp³-hybridized carbons (Fsp3) is 0.286. The van der Waals surface area contributed by atoms with Crippen molar-refractivity contribution in [3.8, 4) is 5.75 Å². The Morgan fingerprint density at radius 3 is 2.71 bits per heavy atom. The van der Waals surface area contributed by atoms with Crippen LogP contribution in [0.15, 0.2) is 39.9 Å². The highest BCUT2D eigenvalue weighted by atomic mass is 32.2. The van der Waals surface area contributed by atoms with Gasteiger partial charge < -0.3 is 10.1 Å². The summed E-state index contributed by atoms with van der Waals surface area (Å²) in [5, 5.41) is 6.74. The smallest absolute Gasteiger partial charge is 0.265 e. The molecular weight excluding hydrogens is 308 g/mol. The fourth-order valence-corrected chi connectivity index (χ4v) is 3.71. The van der Waals surface area contributed by atoms with E-state index in [-0.39, 0.29) is 4.90 Å². The van der Waals surface area contributed by atoms with Crippen LogP contribution in [0.4, 0.5) is 5.69 Å². The minimum absolute atomic E-state index is 0.136. The van der Waals surface area contributed by atoms with Crippen LogP contribution in [0.1, 0.15) is 12.5 Å². The lowest BCUT2D eigenvalue weighted by Gasteiger charge is -2.12. The van der Waals surface area contributed by atoms with E-state index in [0.29, 0.717) is 18.0 Å². The predicted octanol–water partition coefficient (Wildman–Crippen LogP) is 2.67. The second-order valence-corrected chi connectivity index (χ2v) is 6.81. The van der Waals surface area contributed by atoms with Crippen LogP contribution in [0, 0.1) is 0 Å². The first kappa shape index (κ1) is 15.8. The van der Waals surface area contributed by atoms with Crippen molar-refractivity contribution in [2.45, 2.75) is 18.4 Å². The molecule has 0 saturated heterocycles. The summed E-state index contributed by atoms with van der Waals surface area (Å²) in [7, 11) is -2.18. The Balaban J connectivity index is 2.29. The highest BCUT2D eigenvalue weighted by Crippen LogP contribution is 2.27. The maximum Gasteiger partial charge on any atom is 0.265 e. The van der Waals surface area contributed by atoms with Gasteiger partial charge >= 0.3 is 0 Å². The molecule has 0 fully saturated rings. The largest absolute Gasteiger partial charge is 0.495 e. The van der Waals surface area contributed by atoms with Gasteiger partial charge in [0, 0.05) is 11.9 Å². The zero-order valence-corrected chi connectivity index (χ0v) is 13.6. The van der Waals surface area contributed by atoms with Crippen LogP contribution in [-0.2, 0) is 16.6 Å². The zero-order valence-electron chi connectivity index (χ0n) is 11.9. The Morgan fingerprint density at radius 2 is 2.10 bits per heavy atom. The topological polar surface area (TPSA) is 67.4 Å². The molecule has 2 N–H and O–H groups in total. The zero-order chi connectivity index (χ0) is 15.3. The van der Waals surface area contributed by atoms with E-state index in [1.165, 1.54) is 18.4 Å². The van der Waals surface area contributed by atoms with Crippen molar-refractivity contribution in [1.82, 2.24) is 5.32 Å². The van der Waals surface area contributed by atoms with Gasteiger partial charge in [0.05, 0.1) is 12.8 Å². The minimum Gasteiger partial charge on any atom is -0.495 e. The van der Waals surface area contributed by atoms with Gasteiger partial charge in [0.1, 0.15) is 10.6 Å². The van der Waals surface area contributed by atoms with Crippen molar-refractivity contribution < 1.29 is 13.2 Å². The van der Waals surface area contributed by atoms with Crippen molar-refractivity contribution in [2.75, 3.05) is 18.4 Å². The number of hydrogen-bond acceptors (Lipinski definition) is 5. The van der Waals surface area contributed by atoms with E-state index < -0.39 is 10.0 Å². The molecule has 0 unspecified atom stereocenters. The molecule has 0 aliphatic carbocycles. The fourth-order valence-electron chi connectivity index (χ4n) is 1.85. The number of thiophene rings is 1. The van der Waals surface area contributed by atoms with Gasteiger partial charge in [-0.2, -0.15) is 11.3 Å². The number of methoxy groups -OCH3 is 1. The summed E-state index contributed by atoms with van der Waals surface area (Å²) in [6, 6.07) is 6.81. The molecule has 0 atom stereocenters. The monoisotopic (exact) mass is 326 g/mol. The number of ether oxygens (including phenoxy) is 1. The van der Waals surface area contributed by atoms with Crippen LogP contribution >= 0.6 is 11.3 Å². The molecule has 2 aromatic rings. The van der Waals surface area contributed by atoms with Crippen LogP contribution in [0.2, 0.25) is 0 Å². The molecule has 0 saturated carbocycles. The van der Waals surface area contributed by atoms with E-state index in [1.807, 2.05) is 12.3 Å². The standard InChI is InChI=1S/C14H18N2O3S2/c1-3-15-9-11-4-5-14(13(8-11)19-2)21(17,18)16-12-6-7-20-10-12/h4-8,10,15-16H,3,9H2,1-2H3. The molecule has 21 heavy (non-hydrogen) atoms. The summed E-state index contributed by atoms with van der Waals surface area (Å²) in [5.74, 6) is 0.341. The molecule has 0 spiro atoms. The number of sulfonamides is 1. The van der Waals surface area contributed by atoms with Gasteiger partial charge in [-0.3, -0.25) is 4.72 Å².